The van der Waals surface area contributed by atoms with Crippen LogP contribution in [0, 0.1) is 0 Å². The minimum Gasteiger partial charge on any atom is -0.494 e. The van der Waals surface area contributed by atoms with Gasteiger partial charge in [-0.3, -0.25) is 4.98 Å². The van der Waals surface area contributed by atoms with Crippen LogP contribution in [0.25, 0.3) is 0 Å². The first kappa shape index (κ1) is 24.2. The molecule has 1 fully saturated rings. The first-order valence-electron chi connectivity index (χ1n) is 10.9. The number of hydrogen-bond donors (Lipinski definition) is 0. The standard InChI is InChI=1S/C25H30F2N4O2/c1-5-24(29-16-18(2)3)30-14-11-20(12-15-30)31(22-17-28-13-10-23(22)32-4)19-6-8-21(9-7-19)33-25(26)27/h5-10,13,16-17,20,25H,2,11-12,14-15H2,1,3-4H3/b24-5+,29-16-. The van der Waals surface area contributed by atoms with Crippen molar-refractivity contribution < 1.29 is 18.3 Å². The van der Waals surface area contributed by atoms with Gasteiger partial charge in [-0.1, -0.05) is 6.58 Å². The molecular formula is C25H30F2N4O2. The number of methoxy groups -OCH3 is 1. The highest BCUT2D eigenvalue weighted by atomic mass is 19.3. The molecule has 0 amide bonds. The molecule has 0 unspecified atom stereocenters. The van der Waals surface area contributed by atoms with Crippen LogP contribution in [-0.2, 0) is 0 Å². The molecule has 1 aromatic carbocycles. The number of aromatic nitrogens is 1. The largest absolute Gasteiger partial charge is 0.494 e. The Bertz CT molecular complexity index is 984. The molecule has 0 aliphatic carbocycles. The summed E-state index contributed by atoms with van der Waals surface area (Å²) in [6.45, 7) is 6.56. The number of rotatable bonds is 9. The summed E-state index contributed by atoms with van der Waals surface area (Å²) in [6, 6.07) is 8.64. The van der Waals surface area contributed by atoms with Gasteiger partial charge >= 0.3 is 6.61 Å². The summed E-state index contributed by atoms with van der Waals surface area (Å²) in [5, 5.41) is 0. The summed E-state index contributed by atoms with van der Waals surface area (Å²) in [4.78, 5) is 13.3. The average Bonchev–Trinajstić information content (AvgIpc) is 2.81. The van der Waals surface area contributed by atoms with Crippen LogP contribution in [0.1, 0.15) is 26.7 Å². The molecule has 176 valence electrons. The van der Waals surface area contributed by atoms with Crippen LogP contribution >= 0.6 is 0 Å². The summed E-state index contributed by atoms with van der Waals surface area (Å²) >= 11 is 0. The van der Waals surface area contributed by atoms with Gasteiger partial charge in [0.05, 0.1) is 13.3 Å². The third kappa shape index (κ3) is 6.31. The number of aliphatic imine (C=N–C) groups is 1. The van der Waals surface area contributed by atoms with E-state index in [0.29, 0.717) is 5.75 Å². The molecule has 8 heteroatoms. The van der Waals surface area contributed by atoms with E-state index < -0.39 is 6.61 Å². The van der Waals surface area contributed by atoms with E-state index in [2.05, 4.69) is 31.1 Å². The molecule has 33 heavy (non-hydrogen) atoms. The van der Waals surface area contributed by atoms with E-state index in [1.54, 1.807) is 50.0 Å². The molecule has 0 spiro atoms. The highest BCUT2D eigenvalue weighted by Crippen LogP contribution is 2.38. The van der Waals surface area contributed by atoms with Crippen LogP contribution in [0.3, 0.4) is 0 Å². The van der Waals surface area contributed by atoms with Gasteiger partial charge in [-0.15, -0.1) is 0 Å². The molecule has 1 saturated heterocycles. The van der Waals surface area contributed by atoms with Gasteiger partial charge in [-0.05, 0) is 62.6 Å². The molecule has 0 bridgehead atoms. The third-order valence-electron chi connectivity index (χ3n) is 5.41. The lowest BCUT2D eigenvalue weighted by atomic mass is 10.0. The Kier molecular flexibility index (Phi) is 8.40. The summed E-state index contributed by atoms with van der Waals surface area (Å²) in [5.41, 5.74) is 2.58. The Morgan fingerprint density at radius 2 is 1.94 bits per heavy atom. The molecule has 1 aliphatic heterocycles. The van der Waals surface area contributed by atoms with Gasteiger partial charge in [0, 0.05) is 43.3 Å². The lowest BCUT2D eigenvalue weighted by molar-refractivity contribution is -0.0498. The van der Waals surface area contributed by atoms with Gasteiger partial charge < -0.3 is 19.3 Å². The van der Waals surface area contributed by atoms with Gasteiger partial charge in [0.1, 0.15) is 23.0 Å². The minimum absolute atomic E-state index is 0.120. The maximum Gasteiger partial charge on any atom is 0.387 e. The molecule has 1 aliphatic rings. The maximum atomic E-state index is 12.6. The van der Waals surface area contributed by atoms with Crippen molar-refractivity contribution in [1.29, 1.82) is 0 Å². The second kappa shape index (κ2) is 11.4. The molecular weight excluding hydrogens is 426 g/mol. The number of nitrogens with zero attached hydrogens (tertiary/aromatic N) is 4. The zero-order valence-electron chi connectivity index (χ0n) is 19.2. The van der Waals surface area contributed by atoms with Crippen LogP contribution in [0.4, 0.5) is 20.2 Å². The van der Waals surface area contributed by atoms with Crippen molar-refractivity contribution in [3.63, 3.8) is 0 Å². The Hall–Kier alpha value is -3.42. The summed E-state index contributed by atoms with van der Waals surface area (Å²) < 4.78 is 35.3. The van der Waals surface area contributed by atoms with Gasteiger partial charge in [-0.2, -0.15) is 8.78 Å². The number of anilines is 2. The maximum absolute atomic E-state index is 12.6. The van der Waals surface area contributed by atoms with Crippen molar-refractivity contribution in [1.82, 2.24) is 9.88 Å². The van der Waals surface area contributed by atoms with E-state index in [1.165, 1.54) is 0 Å². The molecule has 0 N–H and O–H groups in total. The molecule has 0 radical (unpaired) electrons. The fourth-order valence-electron chi connectivity index (χ4n) is 3.93. The number of likely N-dealkylation sites (tertiary alicyclic amines) is 1. The van der Waals surface area contributed by atoms with Crippen LogP contribution in [0.2, 0.25) is 0 Å². The number of piperidine rings is 1. The molecule has 6 nitrogen and oxygen atoms in total. The number of benzene rings is 1. The first-order chi connectivity index (χ1) is 15.9. The van der Waals surface area contributed by atoms with Crippen LogP contribution in [-0.4, -0.2) is 49.0 Å². The molecule has 0 atom stereocenters. The van der Waals surface area contributed by atoms with Crippen LogP contribution in [0.15, 0.2) is 71.8 Å². The second-order valence-electron chi connectivity index (χ2n) is 7.76. The van der Waals surface area contributed by atoms with E-state index in [1.807, 2.05) is 26.0 Å². The molecule has 2 aromatic rings. The Labute approximate surface area is 193 Å². The van der Waals surface area contributed by atoms with Crippen molar-refractivity contribution in [3.8, 4) is 11.5 Å². The molecule has 0 saturated carbocycles. The quantitative estimate of drug-likeness (QED) is 0.446. The van der Waals surface area contributed by atoms with E-state index in [-0.39, 0.29) is 11.8 Å². The first-order valence-corrected chi connectivity index (χ1v) is 10.9. The van der Waals surface area contributed by atoms with Crippen molar-refractivity contribution in [3.05, 3.63) is 66.8 Å². The van der Waals surface area contributed by atoms with Crippen LogP contribution < -0.4 is 14.4 Å². The number of pyridine rings is 1. The number of ether oxygens (including phenoxy) is 2. The Balaban J connectivity index is 1.86. The van der Waals surface area contributed by atoms with Gasteiger partial charge in [0.15, 0.2) is 0 Å². The predicted molar refractivity (Wildman–Crippen MR) is 128 cm³/mol. The number of hydrogen-bond acceptors (Lipinski definition) is 6. The van der Waals surface area contributed by atoms with E-state index in [4.69, 9.17) is 4.74 Å². The SMILES string of the molecule is C=C(C)/C=N\C(=C/C)N1CCC(N(c2ccc(OC(F)F)cc2)c2cnccc2OC)CC1. The fourth-order valence-corrected chi connectivity index (χ4v) is 3.93. The molecule has 1 aromatic heterocycles. The van der Waals surface area contributed by atoms with Crippen molar-refractivity contribution in [2.24, 2.45) is 4.99 Å². The molecule has 2 heterocycles. The number of alkyl halides is 2. The normalized spacial score (nSPS) is 15.2. The second-order valence-corrected chi connectivity index (χ2v) is 7.76. The predicted octanol–water partition coefficient (Wildman–Crippen LogP) is 5.80. The topological polar surface area (TPSA) is 50.2 Å². The summed E-state index contributed by atoms with van der Waals surface area (Å²) in [7, 11) is 1.62. The smallest absolute Gasteiger partial charge is 0.387 e. The fraction of sp³-hybridized carbons (Fsp3) is 0.360. The minimum atomic E-state index is -2.86. The van der Waals surface area contributed by atoms with E-state index in [9.17, 15) is 8.78 Å². The lowest BCUT2D eigenvalue weighted by Gasteiger charge is -2.40. The number of allylic oxidation sites excluding steroid dienone is 2. The van der Waals surface area contributed by atoms with Crippen LogP contribution in [0.5, 0.6) is 11.5 Å². The van der Waals surface area contributed by atoms with Crippen molar-refractivity contribution in [2.75, 3.05) is 25.1 Å². The Morgan fingerprint density at radius 3 is 2.52 bits per heavy atom. The monoisotopic (exact) mass is 456 g/mol. The van der Waals surface area contributed by atoms with Gasteiger partial charge in [0.2, 0.25) is 0 Å². The summed E-state index contributed by atoms with van der Waals surface area (Å²) in [6.07, 6.45) is 8.96. The van der Waals surface area contributed by atoms with E-state index >= 15 is 0 Å². The third-order valence-corrected chi connectivity index (χ3v) is 5.41. The highest BCUT2D eigenvalue weighted by molar-refractivity contribution is 5.77. The lowest BCUT2D eigenvalue weighted by Crippen LogP contribution is -2.42. The zero-order valence-corrected chi connectivity index (χ0v) is 19.2. The zero-order chi connectivity index (χ0) is 23.8. The Morgan fingerprint density at radius 1 is 1.24 bits per heavy atom. The molecule has 3 rings (SSSR count). The van der Waals surface area contributed by atoms with Crippen molar-refractivity contribution >= 4 is 17.6 Å². The van der Waals surface area contributed by atoms with Crippen molar-refractivity contribution in [2.45, 2.75) is 39.3 Å². The highest BCUT2D eigenvalue weighted by Gasteiger charge is 2.28. The van der Waals surface area contributed by atoms with Gasteiger partial charge in [0.25, 0.3) is 0 Å². The average molecular weight is 457 g/mol. The number of halogens is 2. The van der Waals surface area contributed by atoms with E-state index in [0.717, 1.165) is 48.7 Å². The van der Waals surface area contributed by atoms with Gasteiger partial charge in [-0.25, -0.2) is 4.99 Å². The summed E-state index contributed by atoms with van der Waals surface area (Å²) in [5.74, 6) is 1.74.